The third-order valence-corrected chi connectivity index (χ3v) is 7.84. The molecule has 4 aliphatic carbocycles. The van der Waals surface area contributed by atoms with Gasteiger partial charge in [-0.3, -0.25) is 4.79 Å². The van der Waals surface area contributed by atoms with Gasteiger partial charge in [-0.15, -0.1) is 0 Å². The van der Waals surface area contributed by atoms with Gasteiger partial charge >= 0.3 is 0 Å². The first-order chi connectivity index (χ1) is 13.6. The molecule has 0 aliphatic heterocycles. The van der Waals surface area contributed by atoms with Crippen molar-refractivity contribution in [3.05, 3.63) is 35.9 Å². The van der Waals surface area contributed by atoms with Crippen LogP contribution in [0.3, 0.4) is 0 Å². The van der Waals surface area contributed by atoms with Crippen LogP contribution in [0, 0.1) is 40.9 Å². The molecule has 0 spiro atoms. The summed E-state index contributed by atoms with van der Waals surface area (Å²) in [6.07, 6.45) is 8.62. The number of ether oxygens (including phenoxy) is 1. The summed E-state index contributed by atoms with van der Waals surface area (Å²) in [7, 11) is 0. The van der Waals surface area contributed by atoms with Gasteiger partial charge < -0.3 is 4.74 Å². The van der Waals surface area contributed by atoms with Crippen LogP contribution in [0.2, 0.25) is 0 Å². The molecule has 0 aromatic heterocycles. The Balaban J connectivity index is 1.48. The molecule has 0 N–H and O–H groups in total. The summed E-state index contributed by atoms with van der Waals surface area (Å²) in [6.45, 7) is 5.62. The van der Waals surface area contributed by atoms with E-state index >= 15 is 0 Å². The van der Waals surface area contributed by atoms with Crippen LogP contribution in [0.4, 0.5) is 0 Å². The lowest BCUT2D eigenvalue weighted by Gasteiger charge is -2.60. The highest BCUT2D eigenvalue weighted by Gasteiger charge is 2.54. The SMILES string of the molecule is CC1(C)[C@@H]2CC[C@@H](CO[C@H](C#Cc3ccccc3)[C@H]3CCCCCC3=O)[C@H]1C2. The van der Waals surface area contributed by atoms with Gasteiger partial charge in [0.25, 0.3) is 0 Å². The number of benzene rings is 1. The van der Waals surface area contributed by atoms with Crippen molar-refractivity contribution in [2.75, 3.05) is 6.61 Å². The van der Waals surface area contributed by atoms with Gasteiger partial charge in [0.1, 0.15) is 11.9 Å². The monoisotopic (exact) mass is 378 g/mol. The van der Waals surface area contributed by atoms with Crippen LogP contribution in [0.5, 0.6) is 0 Å². The van der Waals surface area contributed by atoms with E-state index in [0.29, 0.717) is 23.5 Å². The molecule has 5 rings (SSSR count). The summed E-state index contributed by atoms with van der Waals surface area (Å²) in [5, 5.41) is 0. The fourth-order valence-electron chi connectivity index (χ4n) is 5.83. The van der Waals surface area contributed by atoms with Crippen LogP contribution in [0.25, 0.3) is 0 Å². The number of ketones is 1. The van der Waals surface area contributed by atoms with E-state index in [1.165, 1.54) is 19.3 Å². The number of carbonyl (C=O) groups excluding carboxylic acids is 1. The quantitative estimate of drug-likeness (QED) is 0.500. The largest absolute Gasteiger partial charge is 0.364 e. The predicted octanol–water partition coefficient (Wildman–Crippen LogP) is 5.65. The zero-order valence-corrected chi connectivity index (χ0v) is 17.5. The maximum atomic E-state index is 12.7. The molecule has 0 unspecified atom stereocenters. The van der Waals surface area contributed by atoms with Crippen LogP contribution >= 0.6 is 0 Å². The zero-order chi connectivity index (χ0) is 19.6. The number of rotatable bonds is 4. The maximum Gasteiger partial charge on any atom is 0.139 e. The van der Waals surface area contributed by atoms with Crippen LogP contribution < -0.4 is 0 Å². The van der Waals surface area contributed by atoms with E-state index in [4.69, 9.17) is 4.74 Å². The van der Waals surface area contributed by atoms with Gasteiger partial charge in [0.2, 0.25) is 0 Å². The van der Waals surface area contributed by atoms with E-state index in [-0.39, 0.29) is 12.0 Å². The Morgan fingerprint density at radius 2 is 1.93 bits per heavy atom. The lowest BCUT2D eigenvalue weighted by atomic mass is 9.46. The highest BCUT2D eigenvalue weighted by molar-refractivity contribution is 5.82. The molecule has 2 nitrogen and oxygen atoms in total. The molecule has 4 aliphatic rings. The first-order valence-electron chi connectivity index (χ1n) is 11.3. The molecular formula is C26H34O2. The highest BCUT2D eigenvalue weighted by atomic mass is 16.5. The molecule has 1 aromatic rings. The van der Waals surface area contributed by atoms with Crippen molar-refractivity contribution in [2.24, 2.45) is 29.1 Å². The van der Waals surface area contributed by atoms with Crippen LogP contribution in [-0.4, -0.2) is 18.5 Å². The Morgan fingerprint density at radius 3 is 2.68 bits per heavy atom. The molecule has 2 heteroatoms. The average Bonchev–Trinajstić information content (AvgIpc) is 2.93. The molecule has 0 radical (unpaired) electrons. The number of fused-ring (bicyclic) bond motifs is 2. The minimum Gasteiger partial charge on any atom is -0.364 e. The first kappa shape index (κ1) is 19.7. The number of hydrogen-bond acceptors (Lipinski definition) is 2. The van der Waals surface area contributed by atoms with E-state index in [2.05, 4.69) is 25.7 Å². The van der Waals surface area contributed by atoms with Crippen molar-refractivity contribution in [1.29, 1.82) is 0 Å². The summed E-state index contributed by atoms with van der Waals surface area (Å²) in [5.74, 6) is 9.26. The minimum absolute atomic E-state index is 0.0514. The molecule has 150 valence electrons. The van der Waals surface area contributed by atoms with Crippen LogP contribution in [-0.2, 0) is 9.53 Å². The van der Waals surface area contributed by atoms with E-state index in [9.17, 15) is 4.79 Å². The molecule has 4 fully saturated rings. The van der Waals surface area contributed by atoms with Gasteiger partial charge in [0, 0.05) is 12.0 Å². The summed E-state index contributed by atoms with van der Waals surface area (Å²) in [4.78, 5) is 12.7. The van der Waals surface area contributed by atoms with Gasteiger partial charge in [-0.25, -0.2) is 0 Å². The Labute approximate surface area is 170 Å². The summed E-state index contributed by atoms with van der Waals surface area (Å²) >= 11 is 0. The van der Waals surface area contributed by atoms with Gasteiger partial charge in [-0.05, 0) is 67.4 Å². The molecule has 2 bridgehead atoms. The van der Waals surface area contributed by atoms with Gasteiger partial charge in [-0.1, -0.05) is 56.7 Å². The standard InChI is InChI=1S/C26H34O2/c1-26(2)21-15-14-20(23(26)17-21)18-28-25(16-13-19-9-5-3-6-10-19)22-11-7-4-8-12-24(22)27/h3,5-6,9-10,20-23,25H,4,7-8,11-12,14-15,17-18H2,1-2H3/t20-,21+,22-,23+,25+/m0/s1. The zero-order valence-electron chi connectivity index (χ0n) is 17.5. The van der Waals surface area contributed by atoms with E-state index < -0.39 is 0 Å². The maximum absolute atomic E-state index is 12.7. The normalized spacial score (nSPS) is 32.4. The van der Waals surface area contributed by atoms with Crippen molar-refractivity contribution in [3.63, 3.8) is 0 Å². The average molecular weight is 379 g/mol. The molecule has 5 atom stereocenters. The van der Waals surface area contributed by atoms with Crippen molar-refractivity contribution in [1.82, 2.24) is 0 Å². The second kappa shape index (κ2) is 8.42. The second-order valence-electron chi connectivity index (χ2n) is 9.76. The molecule has 0 amide bonds. The Morgan fingerprint density at radius 1 is 1.11 bits per heavy atom. The number of carbonyl (C=O) groups is 1. The van der Waals surface area contributed by atoms with Crippen molar-refractivity contribution in [2.45, 2.75) is 71.3 Å². The van der Waals surface area contributed by atoms with E-state index in [1.807, 2.05) is 30.3 Å². The molecule has 1 aromatic carbocycles. The molecule has 0 saturated heterocycles. The Hall–Kier alpha value is -1.59. The summed E-state index contributed by atoms with van der Waals surface area (Å²) < 4.78 is 6.46. The summed E-state index contributed by atoms with van der Waals surface area (Å²) in [5.41, 5.74) is 1.47. The smallest absolute Gasteiger partial charge is 0.139 e. The van der Waals surface area contributed by atoms with Crippen molar-refractivity contribution < 1.29 is 9.53 Å². The van der Waals surface area contributed by atoms with Crippen molar-refractivity contribution in [3.8, 4) is 11.8 Å². The fourth-order valence-corrected chi connectivity index (χ4v) is 5.83. The topological polar surface area (TPSA) is 26.3 Å². The lowest BCUT2D eigenvalue weighted by Crippen LogP contribution is -2.53. The molecular weight excluding hydrogens is 344 g/mol. The molecule has 28 heavy (non-hydrogen) atoms. The number of Topliss-reactive ketones (excluding diaryl/α,β-unsaturated/α-hetero) is 1. The Bertz CT molecular complexity index is 737. The Kier molecular flexibility index (Phi) is 5.93. The summed E-state index contributed by atoms with van der Waals surface area (Å²) in [6, 6.07) is 10.1. The first-order valence-corrected chi connectivity index (χ1v) is 11.3. The number of hydrogen-bond donors (Lipinski definition) is 0. The predicted molar refractivity (Wildman–Crippen MR) is 113 cm³/mol. The third-order valence-electron chi connectivity index (χ3n) is 7.84. The second-order valence-corrected chi connectivity index (χ2v) is 9.76. The van der Waals surface area contributed by atoms with Gasteiger partial charge in [-0.2, -0.15) is 0 Å². The minimum atomic E-state index is -0.258. The highest BCUT2D eigenvalue weighted by Crippen LogP contribution is 2.61. The van der Waals surface area contributed by atoms with Gasteiger partial charge in [0.05, 0.1) is 12.5 Å². The molecule has 0 heterocycles. The van der Waals surface area contributed by atoms with Crippen molar-refractivity contribution >= 4 is 5.78 Å². The molecule has 4 saturated carbocycles. The van der Waals surface area contributed by atoms with E-state index in [0.717, 1.165) is 49.7 Å². The lowest BCUT2D eigenvalue weighted by molar-refractivity contribution is -0.137. The van der Waals surface area contributed by atoms with Crippen LogP contribution in [0.15, 0.2) is 30.3 Å². The van der Waals surface area contributed by atoms with Gasteiger partial charge in [0.15, 0.2) is 0 Å². The third kappa shape index (κ3) is 4.06. The fraction of sp³-hybridized carbons (Fsp3) is 0.654. The van der Waals surface area contributed by atoms with Crippen LogP contribution in [0.1, 0.15) is 70.8 Å². The van der Waals surface area contributed by atoms with E-state index in [1.54, 1.807) is 0 Å².